The maximum atomic E-state index is 12.7. The Hall–Kier alpha value is -1.03. The third-order valence-corrected chi connectivity index (χ3v) is 3.86. The lowest BCUT2D eigenvalue weighted by Gasteiger charge is -2.30. The fraction of sp³-hybridized carbons (Fsp3) is 0.533. The van der Waals surface area contributed by atoms with Crippen molar-refractivity contribution in [1.29, 1.82) is 0 Å². The molecular formula is C15H22BrNO2. The van der Waals surface area contributed by atoms with E-state index in [9.17, 15) is 9.90 Å². The van der Waals surface area contributed by atoms with Crippen LogP contribution in [-0.4, -0.2) is 33.8 Å². The van der Waals surface area contributed by atoms with Crippen LogP contribution >= 0.6 is 15.9 Å². The molecule has 0 aliphatic rings. The van der Waals surface area contributed by atoms with Gasteiger partial charge >= 0.3 is 0 Å². The van der Waals surface area contributed by atoms with E-state index in [4.69, 9.17) is 0 Å². The lowest BCUT2D eigenvalue weighted by molar-refractivity contribution is 0.0681. The van der Waals surface area contributed by atoms with E-state index in [2.05, 4.69) is 29.8 Å². The van der Waals surface area contributed by atoms with E-state index in [-0.39, 0.29) is 17.7 Å². The zero-order chi connectivity index (χ0) is 14.4. The van der Waals surface area contributed by atoms with Crippen molar-refractivity contribution in [2.45, 2.75) is 39.7 Å². The highest BCUT2D eigenvalue weighted by Gasteiger charge is 2.23. The minimum Gasteiger partial charge on any atom is -0.508 e. The van der Waals surface area contributed by atoms with E-state index in [1.807, 2.05) is 4.90 Å². The summed E-state index contributed by atoms with van der Waals surface area (Å²) < 4.78 is 0. The Bertz CT molecular complexity index is 430. The molecule has 0 aliphatic carbocycles. The molecule has 0 radical (unpaired) electrons. The molecule has 106 valence electrons. The summed E-state index contributed by atoms with van der Waals surface area (Å²) in [6.45, 7) is 6.65. The van der Waals surface area contributed by atoms with Crippen molar-refractivity contribution in [2.24, 2.45) is 0 Å². The average Bonchev–Trinajstić information content (AvgIpc) is 2.41. The van der Waals surface area contributed by atoms with Crippen LogP contribution in [0.15, 0.2) is 18.2 Å². The summed E-state index contributed by atoms with van der Waals surface area (Å²) in [7, 11) is 0. The molecule has 19 heavy (non-hydrogen) atoms. The predicted molar refractivity (Wildman–Crippen MR) is 82.0 cm³/mol. The molecule has 1 N–H and O–H groups in total. The minimum atomic E-state index is 0.00144. The molecule has 1 aromatic rings. The lowest BCUT2D eigenvalue weighted by Crippen LogP contribution is -2.41. The number of aromatic hydroxyl groups is 1. The molecule has 0 saturated carbocycles. The molecule has 0 atom stereocenters. The minimum absolute atomic E-state index is 0.00144. The molecule has 1 rings (SSSR count). The van der Waals surface area contributed by atoms with Crippen LogP contribution in [-0.2, 0) is 0 Å². The van der Waals surface area contributed by atoms with Gasteiger partial charge in [-0.2, -0.15) is 0 Å². The molecule has 0 aliphatic heterocycles. The Morgan fingerprint density at radius 1 is 1.37 bits per heavy atom. The van der Waals surface area contributed by atoms with Gasteiger partial charge in [0, 0.05) is 29.0 Å². The molecule has 0 heterocycles. The number of hydrogen-bond donors (Lipinski definition) is 1. The van der Waals surface area contributed by atoms with Crippen LogP contribution in [0, 0.1) is 6.92 Å². The number of nitrogens with zero attached hydrogens (tertiary/aromatic N) is 1. The number of alkyl halides is 1. The largest absolute Gasteiger partial charge is 0.508 e. The van der Waals surface area contributed by atoms with Crippen molar-refractivity contribution in [3.05, 3.63) is 29.3 Å². The fourth-order valence-electron chi connectivity index (χ4n) is 2.28. The van der Waals surface area contributed by atoms with E-state index >= 15 is 0 Å². The second kappa shape index (κ2) is 7.53. The quantitative estimate of drug-likeness (QED) is 0.809. The highest BCUT2D eigenvalue weighted by molar-refractivity contribution is 9.09. The van der Waals surface area contributed by atoms with Crippen LogP contribution in [0.25, 0.3) is 0 Å². The van der Waals surface area contributed by atoms with Gasteiger partial charge in [0.1, 0.15) is 5.75 Å². The first-order valence-corrected chi connectivity index (χ1v) is 7.84. The molecule has 1 aromatic carbocycles. The van der Waals surface area contributed by atoms with Gasteiger partial charge in [0.25, 0.3) is 5.91 Å². The van der Waals surface area contributed by atoms with E-state index in [0.29, 0.717) is 17.7 Å². The van der Waals surface area contributed by atoms with Crippen molar-refractivity contribution in [3.63, 3.8) is 0 Å². The predicted octanol–water partition coefficient (Wildman–Crippen LogP) is 3.73. The first kappa shape index (κ1) is 16.0. The number of halogens is 1. The highest BCUT2D eigenvalue weighted by atomic mass is 79.9. The van der Waals surface area contributed by atoms with Crippen LogP contribution in [0.3, 0.4) is 0 Å². The second-order valence-electron chi connectivity index (χ2n) is 4.61. The van der Waals surface area contributed by atoms with Gasteiger partial charge in [-0.3, -0.25) is 4.79 Å². The summed E-state index contributed by atoms with van der Waals surface area (Å²) in [6, 6.07) is 5.35. The molecule has 1 amide bonds. The van der Waals surface area contributed by atoms with E-state index in [1.165, 1.54) is 0 Å². The first-order chi connectivity index (χ1) is 9.06. The normalized spacial score (nSPS) is 10.8. The number of carbonyl (C=O) groups is 1. The molecular weight excluding hydrogens is 306 g/mol. The van der Waals surface area contributed by atoms with Crippen molar-refractivity contribution >= 4 is 21.8 Å². The number of phenolic OH excluding ortho intramolecular Hbond substituents is 1. The van der Waals surface area contributed by atoms with Crippen molar-refractivity contribution < 1.29 is 9.90 Å². The Labute approximate surface area is 123 Å². The van der Waals surface area contributed by atoms with Gasteiger partial charge < -0.3 is 10.0 Å². The van der Waals surface area contributed by atoms with E-state index < -0.39 is 0 Å². The van der Waals surface area contributed by atoms with Crippen molar-refractivity contribution in [1.82, 2.24) is 4.90 Å². The maximum Gasteiger partial charge on any atom is 0.254 e. The van der Waals surface area contributed by atoms with Crippen LogP contribution in [0.2, 0.25) is 0 Å². The van der Waals surface area contributed by atoms with Gasteiger partial charge in [-0.15, -0.1) is 0 Å². The van der Waals surface area contributed by atoms with Gasteiger partial charge in [0.15, 0.2) is 0 Å². The van der Waals surface area contributed by atoms with E-state index in [1.54, 1.807) is 25.1 Å². The highest BCUT2D eigenvalue weighted by Crippen LogP contribution is 2.22. The van der Waals surface area contributed by atoms with Crippen LogP contribution in [0.4, 0.5) is 0 Å². The Kier molecular flexibility index (Phi) is 6.35. The summed E-state index contributed by atoms with van der Waals surface area (Å²) >= 11 is 3.41. The zero-order valence-electron chi connectivity index (χ0n) is 11.8. The number of carbonyl (C=O) groups excluding carboxylic acids is 1. The first-order valence-electron chi connectivity index (χ1n) is 6.72. The average molecular weight is 328 g/mol. The summed E-state index contributed by atoms with van der Waals surface area (Å²) in [4.78, 5) is 14.6. The topological polar surface area (TPSA) is 40.5 Å². The summed E-state index contributed by atoms with van der Waals surface area (Å²) in [5.74, 6) is 0.177. The molecule has 0 spiro atoms. The van der Waals surface area contributed by atoms with Crippen LogP contribution in [0.5, 0.6) is 5.75 Å². The van der Waals surface area contributed by atoms with E-state index in [0.717, 1.165) is 18.2 Å². The number of amides is 1. The standard InChI is InChI=1S/C15H22BrNO2/c1-4-12(5-2)17(10-9-16)15(19)13-7-6-8-14(18)11(13)3/h6-8,12,18H,4-5,9-10H2,1-3H3. The van der Waals surface area contributed by atoms with Crippen molar-refractivity contribution in [2.75, 3.05) is 11.9 Å². The lowest BCUT2D eigenvalue weighted by atomic mass is 10.0. The number of benzene rings is 1. The maximum absolute atomic E-state index is 12.7. The monoisotopic (exact) mass is 327 g/mol. The Morgan fingerprint density at radius 2 is 2.00 bits per heavy atom. The fourth-order valence-corrected chi connectivity index (χ4v) is 2.66. The van der Waals surface area contributed by atoms with Crippen LogP contribution < -0.4 is 0 Å². The second-order valence-corrected chi connectivity index (χ2v) is 5.40. The third kappa shape index (κ3) is 3.72. The molecule has 0 fully saturated rings. The van der Waals surface area contributed by atoms with Gasteiger partial charge in [-0.25, -0.2) is 0 Å². The zero-order valence-corrected chi connectivity index (χ0v) is 13.4. The smallest absolute Gasteiger partial charge is 0.254 e. The Morgan fingerprint density at radius 3 is 2.53 bits per heavy atom. The molecule has 0 bridgehead atoms. The summed E-state index contributed by atoms with van der Waals surface area (Å²) in [5.41, 5.74) is 1.24. The molecule has 0 unspecified atom stereocenters. The molecule has 0 saturated heterocycles. The van der Waals surface area contributed by atoms with Gasteiger partial charge in [0.2, 0.25) is 0 Å². The van der Waals surface area contributed by atoms with Crippen molar-refractivity contribution in [3.8, 4) is 5.75 Å². The van der Waals surface area contributed by atoms with Gasteiger partial charge in [-0.05, 0) is 31.9 Å². The summed E-state index contributed by atoms with van der Waals surface area (Å²) in [6.07, 6.45) is 1.88. The van der Waals surface area contributed by atoms with Gasteiger partial charge in [-0.1, -0.05) is 35.8 Å². The van der Waals surface area contributed by atoms with Crippen LogP contribution in [0.1, 0.15) is 42.6 Å². The molecule has 3 nitrogen and oxygen atoms in total. The van der Waals surface area contributed by atoms with Gasteiger partial charge in [0.05, 0.1) is 0 Å². The SMILES string of the molecule is CCC(CC)N(CCBr)C(=O)c1cccc(O)c1C. The third-order valence-electron chi connectivity index (χ3n) is 3.51. The Balaban J connectivity index is 3.08. The molecule has 0 aromatic heterocycles. The molecule has 4 heteroatoms. The summed E-state index contributed by atoms with van der Waals surface area (Å²) in [5, 5.41) is 10.5. The number of hydrogen-bond acceptors (Lipinski definition) is 2. The number of rotatable bonds is 6. The number of phenols is 1.